The van der Waals surface area contributed by atoms with Gasteiger partial charge in [-0.2, -0.15) is 0 Å². The molecule has 2 aliphatic rings. The Balaban J connectivity index is 1.54. The van der Waals surface area contributed by atoms with Gasteiger partial charge in [0.05, 0.1) is 12.1 Å². The first-order chi connectivity index (χ1) is 13.6. The summed E-state index contributed by atoms with van der Waals surface area (Å²) in [6, 6.07) is 15.3. The molecule has 1 aliphatic carbocycles. The molecule has 0 radical (unpaired) electrons. The van der Waals surface area contributed by atoms with E-state index in [0.717, 1.165) is 18.4 Å². The minimum absolute atomic E-state index is 0.0672. The van der Waals surface area contributed by atoms with Gasteiger partial charge < -0.3 is 10.2 Å². The van der Waals surface area contributed by atoms with Gasteiger partial charge in [-0.3, -0.25) is 14.2 Å². The Morgan fingerprint density at radius 1 is 1.07 bits per heavy atom. The fourth-order valence-corrected chi connectivity index (χ4v) is 3.65. The number of nitrogens with one attached hydrogen (secondary N) is 1. The van der Waals surface area contributed by atoms with Crippen LogP contribution in [-0.2, 0) is 4.79 Å². The van der Waals surface area contributed by atoms with Crippen LogP contribution in [0.15, 0.2) is 60.9 Å². The first kappa shape index (κ1) is 16.7. The Bertz CT molecular complexity index is 984. The van der Waals surface area contributed by atoms with Crippen LogP contribution in [0.5, 0.6) is 0 Å². The maximum Gasteiger partial charge on any atom is 0.274 e. The van der Waals surface area contributed by atoms with Gasteiger partial charge in [-0.05, 0) is 25.0 Å². The number of hydrogen-bond acceptors (Lipinski definition) is 4. The number of benzene rings is 1. The number of nitrogens with zero attached hydrogens (tertiary/aromatic N) is 4. The summed E-state index contributed by atoms with van der Waals surface area (Å²) in [6.45, 7) is 0.604. The van der Waals surface area contributed by atoms with Crippen molar-refractivity contribution >= 4 is 11.8 Å². The summed E-state index contributed by atoms with van der Waals surface area (Å²) in [5.74, 6) is 0.991. The third-order valence-corrected chi connectivity index (χ3v) is 5.23. The van der Waals surface area contributed by atoms with Gasteiger partial charge in [-0.25, -0.2) is 9.97 Å². The van der Waals surface area contributed by atoms with Crippen molar-refractivity contribution in [1.29, 1.82) is 0 Å². The number of carbonyl (C=O) groups is 2. The lowest BCUT2D eigenvalue weighted by atomic mass is 10.1. The fourth-order valence-electron chi connectivity index (χ4n) is 3.65. The second kappa shape index (κ2) is 6.30. The highest BCUT2D eigenvalue weighted by Crippen LogP contribution is 2.38. The highest BCUT2D eigenvalue weighted by atomic mass is 16.2. The van der Waals surface area contributed by atoms with Crippen molar-refractivity contribution < 1.29 is 9.59 Å². The summed E-state index contributed by atoms with van der Waals surface area (Å²) < 4.78 is 1.82. The molecule has 2 aromatic heterocycles. The Morgan fingerprint density at radius 3 is 2.57 bits per heavy atom. The second-order valence-corrected chi connectivity index (χ2v) is 7.36. The molecule has 7 nitrogen and oxygen atoms in total. The Kier molecular flexibility index (Phi) is 3.75. The van der Waals surface area contributed by atoms with Crippen LogP contribution in [0.3, 0.4) is 0 Å². The molecule has 1 saturated carbocycles. The first-order valence-electron chi connectivity index (χ1n) is 9.30. The predicted octanol–water partition coefficient (Wildman–Crippen LogP) is 2.04. The minimum Gasteiger partial charge on any atom is -0.347 e. The van der Waals surface area contributed by atoms with E-state index in [4.69, 9.17) is 0 Å². The number of pyridine rings is 1. The molecular formula is C21H19N5O2. The van der Waals surface area contributed by atoms with E-state index in [9.17, 15) is 9.59 Å². The van der Waals surface area contributed by atoms with E-state index in [1.54, 1.807) is 17.3 Å². The number of imidazole rings is 1. The van der Waals surface area contributed by atoms with E-state index in [0.29, 0.717) is 23.9 Å². The molecule has 7 heteroatoms. The van der Waals surface area contributed by atoms with Crippen LogP contribution in [0.25, 0.3) is 17.2 Å². The molecule has 1 aromatic carbocycles. The van der Waals surface area contributed by atoms with Gasteiger partial charge in [0, 0.05) is 24.5 Å². The van der Waals surface area contributed by atoms with Crippen molar-refractivity contribution in [2.75, 3.05) is 13.1 Å². The standard InChI is InChI=1S/C21H19N5O2/c27-18-13-25(14-21(24-18)9-10-21)20(28)16-12-26(17-8-4-5-11-22-17)19(23-16)15-6-2-1-3-7-15/h1-8,11-12H,9-10,13-14H2,(H,24,27). The summed E-state index contributed by atoms with van der Waals surface area (Å²) in [4.78, 5) is 35.8. The summed E-state index contributed by atoms with van der Waals surface area (Å²) in [5.41, 5.74) is 0.980. The van der Waals surface area contributed by atoms with Crippen LogP contribution in [0.1, 0.15) is 23.3 Å². The van der Waals surface area contributed by atoms with Crippen molar-refractivity contribution in [3.05, 3.63) is 66.6 Å². The zero-order chi connectivity index (χ0) is 19.1. The normalized spacial score (nSPS) is 17.4. The van der Waals surface area contributed by atoms with Gasteiger partial charge in [0.25, 0.3) is 5.91 Å². The molecule has 3 aromatic rings. The summed E-state index contributed by atoms with van der Waals surface area (Å²) >= 11 is 0. The van der Waals surface area contributed by atoms with E-state index in [1.807, 2.05) is 53.1 Å². The minimum atomic E-state index is -0.229. The van der Waals surface area contributed by atoms with Gasteiger partial charge in [0.15, 0.2) is 0 Å². The molecule has 0 bridgehead atoms. The first-order valence-corrected chi connectivity index (χ1v) is 9.30. The molecule has 140 valence electrons. The number of rotatable bonds is 3. The average Bonchev–Trinajstić information content (AvgIpc) is 3.30. The summed E-state index contributed by atoms with van der Waals surface area (Å²) in [7, 11) is 0. The van der Waals surface area contributed by atoms with Crippen LogP contribution < -0.4 is 5.32 Å². The quantitative estimate of drug-likeness (QED) is 0.762. The molecule has 1 saturated heterocycles. The van der Waals surface area contributed by atoms with E-state index < -0.39 is 0 Å². The monoisotopic (exact) mass is 373 g/mol. The average molecular weight is 373 g/mol. The topological polar surface area (TPSA) is 80.1 Å². The molecule has 1 spiro atoms. The number of piperazine rings is 1. The molecule has 0 unspecified atom stereocenters. The van der Waals surface area contributed by atoms with Gasteiger partial charge in [-0.15, -0.1) is 0 Å². The van der Waals surface area contributed by atoms with E-state index in [2.05, 4.69) is 15.3 Å². The molecule has 28 heavy (non-hydrogen) atoms. The summed E-state index contributed by atoms with van der Waals surface area (Å²) in [5, 5.41) is 3.00. The van der Waals surface area contributed by atoms with Gasteiger partial charge in [0.2, 0.25) is 5.91 Å². The van der Waals surface area contributed by atoms with E-state index in [-0.39, 0.29) is 23.9 Å². The lowest BCUT2D eigenvalue weighted by Gasteiger charge is -2.32. The van der Waals surface area contributed by atoms with Crippen molar-refractivity contribution in [2.24, 2.45) is 0 Å². The van der Waals surface area contributed by atoms with Crippen LogP contribution in [0.2, 0.25) is 0 Å². The lowest BCUT2D eigenvalue weighted by molar-refractivity contribution is -0.125. The zero-order valence-electron chi connectivity index (χ0n) is 15.2. The smallest absolute Gasteiger partial charge is 0.274 e. The zero-order valence-corrected chi connectivity index (χ0v) is 15.2. The molecule has 5 rings (SSSR count). The van der Waals surface area contributed by atoms with Crippen LogP contribution in [0.4, 0.5) is 0 Å². The Labute approximate surface area is 162 Å². The molecule has 1 N–H and O–H groups in total. The molecule has 1 aliphatic heterocycles. The Hall–Kier alpha value is -3.48. The van der Waals surface area contributed by atoms with E-state index >= 15 is 0 Å². The van der Waals surface area contributed by atoms with E-state index in [1.165, 1.54) is 0 Å². The number of aromatic nitrogens is 3. The fraction of sp³-hybridized carbons (Fsp3) is 0.238. The van der Waals surface area contributed by atoms with Crippen LogP contribution in [-0.4, -0.2) is 49.9 Å². The largest absolute Gasteiger partial charge is 0.347 e. The molecular weight excluding hydrogens is 354 g/mol. The maximum atomic E-state index is 13.1. The third-order valence-electron chi connectivity index (χ3n) is 5.23. The maximum absolute atomic E-state index is 13.1. The number of carbonyl (C=O) groups excluding carboxylic acids is 2. The van der Waals surface area contributed by atoms with Crippen LogP contribution in [0, 0.1) is 0 Å². The number of hydrogen-bond donors (Lipinski definition) is 1. The van der Waals surface area contributed by atoms with Gasteiger partial charge in [-0.1, -0.05) is 36.4 Å². The van der Waals surface area contributed by atoms with Crippen molar-refractivity contribution in [2.45, 2.75) is 18.4 Å². The summed E-state index contributed by atoms with van der Waals surface area (Å²) in [6.07, 6.45) is 5.25. The highest BCUT2D eigenvalue weighted by Gasteiger charge is 2.49. The highest BCUT2D eigenvalue weighted by molar-refractivity contribution is 5.96. The number of amides is 2. The van der Waals surface area contributed by atoms with Gasteiger partial charge in [0.1, 0.15) is 17.3 Å². The predicted molar refractivity (Wildman–Crippen MR) is 103 cm³/mol. The van der Waals surface area contributed by atoms with Gasteiger partial charge >= 0.3 is 0 Å². The van der Waals surface area contributed by atoms with Crippen LogP contribution >= 0.6 is 0 Å². The molecule has 2 fully saturated rings. The SMILES string of the molecule is O=C1CN(C(=O)c2cn(-c3ccccn3)c(-c3ccccc3)n2)CC2(CC2)N1. The third kappa shape index (κ3) is 2.94. The van der Waals surface area contributed by atoms with Crippen molar-refractivity contribution in [3.63, 3.8) is 0 Å². The molecule has 3 heterocycles. The lowest BCUT2D eigenvalue weighted by Crippen LogP contribution is -2.57. The second-order valence-electron chi connectivity index (χ2n) is 7.36. The van der Waals surface area contributed by atoms with Crippen molar-refractivity contribution in [3.8, 4) is 17.2 Å². The molecule has 2 amide bonds. The Morgan fingerprint density at radius 2 is 1.86 bits per heavy atom. The van der Waals surface area contributed by atoms with Crippen molar-refractivity contribution in [1.82, 2.24) is 24.8 Å². The molecule has 0 atom stereocenters.